The van der Waals surface area contributed by atoms with Crippen LogP contribution in [0.5, 0.6) is 0 Å². The zero-order chi connectivity index (χ0) is 15.2. The van der Waals surface area contributed by atoms with Gasteiger partial charge in [0.1, 0.15) is 0 Å². The largest absolute Gasteiger partial charge is 0.386 e. The summed E-state index contributed by atoms with van der Waals surface area (Å²) in [6, 6.07) is 15.6. The first-order valence-corrected chi connectivity index (χ1v) is 6.93. The van der Waals surface area contributed by atoms with Gasteiger partial charge < -0.3 is 16.2 Å². The number of aliphatic hydroxyl groups excluding tert-OH is 1. The maximum Gasteiger partial charge on any atom is 0.193 e. The number of aliphatic imine (C=N–C) groups is 1. The molecule has 0 radical (unpaired) electrons. The number of nitrogens with two attached hydrogens (primary N) is 1. The first kappa shape index (κ1) is 15.1. The van der Waals surface area contributed by atoms with Crippen LogP contribution in [0, 0.1) is 13.8 Å². The summed E-state index contributed by atoms with van der Waals surface area (Å²) in [5, 5.41) is 13.1. The van der Waals surface area contributed by atoms with Crippen molar-refractivity contribution in [2.45, 2.75) is 20.0 Å². The Morgan fingerprint density at radius 3 is 2.14 bits per heavy atom. The quantitative estimate of drug-likeness (QED) is 0.597. The fourth-order valence-electron chi connectivity index (χ4n) is 1.90. The average molecular weight is 283 g/mol. The third-order valence-electron chi connectivity index (χ3n) is 3.22. The molecule has 0 saturated heterocycles. The fraction of sp³-hybridized carbons (Fsp3) is 0.235. The second-order valence-electron chi connectivity index (χ2n) is 5.14. The van der Waals surface area contributed by atoms with E-state index in [9.17, 15) is 5.11 Å². The van der Waals surface area contributed by atoms with E-state index in [1.807, 2.05) is 62.4 Å². The predicted molar refractivity (Wildman–Crippen MR) is 87.4 cm³/mol. The highest BCUT2D eigenvalue weighted by Gasteiger charge is 2.06. The molecule has 4 nitrogen and oxygen atoms in total. The van der Waals surface area contributed by atoms with Gasteiger partial charge in [-0.15, -0.1) is 0 Å². The molecule has 4 N–H and O–H groups in total. The lowest BCUT2D eigenvalue weighted by Gasteiger charge is -2.10. The topological polar surface area (TPSA) is 70.6 Å². The van der Waals surface area contributed by atoms with Crippen molar-refractivity contribution in [3.8, 4) is 0 Å². The van der Waals surface area contributed by atoms with Gasteiger partial charge in [0.25, 0.3) is 0 Å². The van der Waals surface area contributed by atoms with E-state index < -0.39 is 6.10 Å². The molecule has 0 amide bonds. The molecule has 0 aromatic heterocycles. The van der Waals surface area contributed by atoms with Crippen molar-refractivity contribution in [2.75, 3.05) is 11.9 Å². The standard InChI is InChI=1S/C17H21N3O/c1-12-3-7-14(8-4-12)16(21)11-19-17(18)20-15-9-5-13(2)6-10-15/h3-10,16,21H,11H2,1-2H3,(H3,18,19,20). The summed E-state index contributed by atoms with van der Waals surface area (Å²) < 4.78 is 0. The molecule has 0 spiro atoms. The Balaban J connectivity index is 1.93. The number of aliphatic hydroxyl groups is 1. The minimum absolute atomic E-state index is 0.230. The molecule has 1 unspecified atom stereocenters. The van der Waals surface area contributed by atoms with E-state index in [2.05, 4.69) is 10.3 Å². The SMILES string of the molecule is Cc1ccc(NC(N)=NCC(O)c2ccc(C)cc2)cc1. The van der Waals surface area contributed by atoms with E-state index in [1.165, 1.54) is 5.56 Å². The number of guanidine groups is 1. The third-order valence-corrected chi connectivity index (χ3v) is 3.22. The van der Waals surface area contributed by atoms with Crippen LogP contribution < -0.4 is 11.1 Å². The Morgan fingerprint density at radius 1 is 1.05 bits per heavy atom. The van der Waals surface area contributed by atoms with Crippen LogP contribution in [0.1, 0.15) is 22.8 Å². The van der Waals surface area contributed by atoms with Crippen LogP contribution in [0.25, 0.3) is 0 Å². The molecular weight excluding hydrogens is 262 g/mol. The summed E-state index contributed by atoms with van der Waals surface area (Å²) in [6.45, 7) is 4.27. The molecular formula is C17H21N3O. The zero-order valence-electron chi connectivity index (χ0n) is 12.4. The molecule has 0 aliphatic carbocycles. The van der Waals surface area contributed by atoms with Crippen molar-refractivity contribution < 1.29 is 5.11 Å². The minimum atomic E-state index is -0.649. The predicted octanol–water partition coefficient (Wildman–Crippen LogP) is 2.76. The van der Waals surface area contributed by atoms with Crippen molar-refractivity contribution >= 4 is 11.6 Å². The zero-order valence-corrected chi connectivity index (χ0v) is 12.4. The highest BCUT2D eigenvalue weighted by Crippen LogP contribution is 2.14. The van der Waals surface area contributed by atoms with Gasteiger partial charge in [-0.2, -0.15) is 0 Å². The first-order chi connectivity index (χ1) is 10.0. The summed E-state index contributed by atoms with van der Waals surface area (Å²) in [5.41, 5.74) is 9.89. The van der Waals surface area contributed by atoms with Crippen LogP contribution in [0.3, 0.4) is 0 Å². The van der Waals surface area contributed by atoms with Gasteiger partial charge >= 0.3 is 0 Å². The van der Waals surface area contributed by atoms with E-state index in [0.29, 0.717) is 5.96 Å². The van der Waals surface area contributed by atoms with Crippen molar-refractivity contribution in [2.24, 2.45) is 10.7 Å². The molecule has 0 bridgehead atoms. The van der Waals surface area contributed by atoms with Crippen LogP contribution in [-0.4, -0.2) is 17.6 Å². The molecule has 21 heavy (non-hydrogen) atoms. The van der Waals surface area contributed by atoms with E-state index >= 15 is 0 Å². The van der Waals surface area contributed by atoms with Crippen LogP contribution in [0.2, 0.25) is 0 Å². The van der Waals surface area contributed by atoms with Crippen LogP contribution in [0.15, 0.2) is 53.5 Å². The maximum atomic E-state index is 10.1. The van der Waals surface area contributed by atoms with Crippen molar-refractivity contribution in [3.63, 3.8) is 0 Å². The lowest BCUT2D eigenvalue weighted by Crippen LogP contribution is -2.23. The lowest BCUT2D eigenvalue weighted by atomic mass is 10.1. The van der Waals surface area contributed by atoms with E-state index in [0.717, 1.165) is 16.8 Å². The summed E-state index contributed by atoms with van der Waals surface area (Å²) in [4.78, 5) is 4.17. The van der Waals surface area contributed by atoms with Gasteiger partial charge in [0.05, 0.1) is 12.6 Å². The number of rotatable bonds is 4. The average Bonchev–Trinajstić information content (AvgIpc) is 2.48. The third kappa shape index (κ3) is 4.61. The molecule has 4 heteroatoms. The lowest BCUT2D eigenvalue weighted by molar-refractivity contribution is 0.187. The molecule has 0 aliphatic heterocycles. The van der Waals surface area contributed by atoms with Gasteiger partial charge in [0.15, 0.2) is 5.96 Å². The minimum Gasteiger partial charge on any atom is -0.386 e. The van der Waals surface area contributed by atoms with Crippen LogP contribution in [0.4, 0.5) is 5.69 Å². The van der Waals surface area contributed by atoms with E-state index in [-0.39, 0.29) is 6.54 Å². The number of anilines is 1. The molecule has 1 atom stereocenters. The van der Waals surface area contributed by atoms with Crippen LogP contribution in [-0.2, 0) is 0 Å². The Hall–Kier alpha value is -2.33. The van der Waals surface area contributed by atoms with Gasteiger partial charge in [0.2, 0.25) is 0 Å². The molecule has 2 aromatic carbocycles. The molecule has 0 heterocycles. The molecule has 110 valence electrons. The summed E-state index contributed by atoms with van der Waals surface area (Å²) >= 11 is 0. The summed E-state index contributed by atoms with van der Waals surface area (Å²) in [6.07, 6.45) is -0.649. The second-order valence-corrected chi connectivity index (χ2v) is 5.14. The molecule has 2 aromatic rings. The highest BCUT2D eigenvalue weighted by atomic mass is 16.3. The Bertz CT molecular complexity index is 603. The number of benzene rings is 2. The number of hydrogen-bond donors (Lipinski definition) is 3. The molecule has 0 saturated carbocycles. The number of nitrogens with one attached hydrogen (secondary N) is 1. The molecule has 0 aliphatic rings. The molecule has 0 fully saturated rings. The smallest absolute Gasteiger partial charge is 0.193 e. The second kappa shape index (κ2) is 6.90. The van der Waals surface area contributed by atoms with Gasteiger partial charge in [-0.1, -0.05) is 47.5 Å². The number of hydrogen-bond acceptors (Lipinski definition) is 2. The van der Waals surface area contributed by atoms with Gasteiger partial charge in [0, 0.05) is 5.69 Å². The number of nitrogens with zero attached hydrogens (tertiary/aromatic N) is 1. The van der Waals surface area contributed by atoms with Crippen LogP contribution >= 0.6 is 0 Å². The fourth-order valence-corrected chi connectivity index (χ4v) is 1.90. The van der Waals surface area contributed by atoms with Crippen molar-refractivity contribution in [1.82, 2.24) is 0 Å². The van der Waals surface area contributed by atoms with Gasteiger partial charge in [-0.05, 0) is 31.5 Å². The van der Waals surface area contributed by atoms with Crippen molar-refractivity contribution in [3.05, 3.63) is 65.2 Å². The normalized spacial score (nSPS) is 13.0. The first-order valence-electron chi connectivity index (χ1n) is 6.93. The summed E-state index contributed by atoms with van der Waals surface area (Å²) in [7, 11) is 0. The maximum absolute atomic E-state index is 10.1. The van der Waals surface area contributed by atoms with Gasteiger partial charge in [-0.3, -0.25) is 4.99 Å². The monoisotopic (exact) mass is 283 g/mol. The Morgan fingerprint density at radius 2 is 1.57 bits per heavy atom. The van der Waals surface area contributed by atoms with E-state index in [1.54, 1.807) is 0 Å². The highest BCUT2D eigenvalue weighted by molar-refractivity contribution is 5.92. The number of aryl methyl sites for hydroxylation is 2. The molecule has 2 rings (SSSR count). The summed E-state index contributed by atoms with van der Waals surface area (Å²) in [5.74, 6) is 0.296. The van der Waals surface area contributed by atoms with Gasteiger partial charge in [-0.25, -0.2) is 0 Å². The van der Waals surface area contributed by atoms with Crippen molar-refractivity contribution in [1.29, 1.82) is 0 Å². The van der Waals surface area contributed by atoms with E-state index in [4.69, 9.17) is 5.73 Å². The Labute approximate surface area is 125 Å². The Kier molecular flexibility index (Phi) is 4.95.